The van der Waals surface area contributed by atoms with Crippen molar-refractivity contribution in [1.82, 2.24) is 4.90 Å². The number of aliphatic hydroxyl groups is 1. The van der Waals surface area contributed by atoms with Crippen molar-refractivity contribution >= 4 is 5.97 Å². The average molecular weight is 353 g/mol. The number of carboxylic acids is 1. The normalized spacial score (nSPS) is 24.4. The number of halogens is 1. The number of piperidine rings is 1. The molecule has 0 saturated carbocycles. The number of ether oxygens (including phenoxy) is 1. The molecule has 1 aromatic rings. The van der Waals surface area contributed by atoms with Crippen molar-refractivity contribution in [2.45, 2.75) is 39.2 Å². The van der Waals surface area contributed by atoms with Crippen LogP contribution in [0.1, 0.15) is 33.1 Å². The number of rotatable bonds is 8. The van der Waals surface area contributed by atoms with E-state index in [-0.39, 0.29) is 5.82 Å². The van der Waals surface area contributed by atoms with Gasteiger partial charge in [0.25, 0.3) is 0 Å². The van der Waals surface area contributed by atoms with Crippen LogP contribution in [-0.4, -0.2) is 53.4 Å². The highest BCUT2D eigenvalue weighted by Gasteiger charge is 2.48. The van der Waals surface area contributed by atoms with E-state index >= 15 is 0 Å². The highest BCUT2D eigenvalue weighted by atomic mass is 19.1. The molecular weight excluding hydrogens is 325 g/mol. The number of hydrogen-bond donors (Lipinski definition) is 2. The molecule has 140 valence electrons. The van der Waals surface area contributed by atoms with Gasteiger partial charge < -0.3 is 14.9 Å². The molecule has 6 heteroatoms. The number of aliphatic carboxylic acids is 1. The molecule has 0 radical (unpaired) electrons. The van der Waals surface area contributed by atoms with Crippen LogP contribution in [0, 0.1) is 17.2 Å². The van der Waals surface area contributed by atoms with E-state index in [2.05, 4.69) is 13.8 Å². The van der Waals surface area contributed by atoms with E-state index in [9.17, 15) is 19.4 Å². The van der Waals surface area contributed by atoms with Crippen LogP contribution in [-0.2, 0) is 4.79 Å². The summed E-state index contributed by atoms with van der Waals surface area (Å²) >= 11 is 0. The van der Waals surface area contributed by atoms with E-state index in [1.54, 1.807) is 12.1 Å². The van der Waals surface area contributed by atoms with E-state index < -0.39 is 17.5 Å². The van der Waals surface area contributed by atoms with Crippen molar-refractivity contribution in [1.29, 1.82) is 0 Å². The van der Waals surface area contributed by atoms with Crippen molar-refractivity contribution in [3.05, 3.63) is 30.1 Å². The van der Waals surface area contributed by atoms with Crippen molar-refractivity contribution in [3.8, 4) is 5.75 Å². The maximum atomic E-state index is 12.9. The summed E-state index contributed by atoms with van der Waals surface area (Å²) in [5.41, 5.74) is -1.11. The Morgan fingerprint density at radius 3 is 2.68 bits per heavy atom. The van der Waals surface area contributed by atoms with Gasteiger partial charge in [-0.2, -0.15) is 0 Å². The van der Waals surface area contributed by atoms with Crippen molar-refractivity contribution in [2.75, 3.05) is 26.2 Å². The summed E-state index contributed by atoms with van der Waals surface area (Å²) in [6.07, 6.45) is 0.860. The molecule has 25 heavy (non-hydrogen) atoms. The Hall–Kier alpha value is -1.66. The number of carboxylic acid groups (broad SMARTS) is 1. The van der Waals surface area contributed by atoms with Gasteiger partial charge in [-0.3, -0.25) is 9.69 Å². The molecule has 1 aliphatic rings. The first kappa shape index (κ1) is 19.7. The van der Waals surface area contributed by atoms with Crippen LogP contribution in [0.5, 0.6) is 5.75 Å². The second-order valence-corrected chi connectivity index (χ2v) is 7.28. The predicted molar refractivity (Wildman–Crippen MR) is 93.1 cm³/mol. The summed E-state index contributed by atoms with van der Waals surface area (Å²) in [6, 6.07) is 5.82. The topological polar surface area (TPSA) is 70.0 Å². The summed E-state index contributed by atoms with van der Waals surface area (Å²) < 4.78 is 18.5. The van der Waals surface area contributed by atoms with Gasteiger partial charge in [-0.1, -0.05) is 13.8 Å². The second-order valence-electron chi connectivity index (χ2n) is 7.28. The maximum Gasteiger partial charge on any atom is 0.313 e. The highest BCUT2D eigenvalue weighted by molar-refractivity contribution is 5.76. The van der Waals surface area contributed by atoms with Crippen LogP contribution in [0.2, 0.25) is 0 Å². The molecule has 1 aromatic carbocycles. The molecule has 1 aliphatic heterocycles. The summed E-state index contributed by atoms with van der Waals surface area (Å²) in [7, 11) is 0. The van der Waals surface area contributed by atoms with Crippen LogP contribution in [0.4, 0.5) is 4.39 Å². The molecule has 0 amide bonds. The SMILES string of the molecule is CC(C)CC[C@@]1(C(=O)O)CN(CCOc2ccc(F)cc2)CC[C@H]1O. The highest BCUT2D eigenvalue weighted by Crippen LogP contribution is 2.36. The predicted octanol–water partition coefficient (Wildman–Crippen LogP) is 2.78. The number of likely N-dealkylation sites (tertiary alicyclic amines) is 1. The zero-order valence-electron chi connectivity index (χ0n) is 14.9. The van der Waals surface area contributed by atoms with Crippen LogP contribution >= 0.6 is 0 Å². The first-order valence-corrected chi connectivity index (χ1v) is 8.85. The molecule has 2 rings (SSSR count). The molecule has 1 heterocycles. The molecular formula is C19H28FNO4. The summed E-state index contributed by atoms with van der Waals surface area (Å²) in [6.45, 7) is 6.04. The van der Waals surface area contributed by atoms with Gasteiger partial charge in [0.15, 0.2) is 0 Å². The Balaban J connectivity index is 1.93. The van der Waals surface area contributed by atoms with E-state index in [0.717, 1.165) is 6.42 Å². The van der Waals surface area contributed by atoms with Gasteiger partial charge in [0, 0.05) is 19.6 Å². The molecule has 1 saturated heterocycles. The fraction of sp³-hybridized carbons (Fsp3) is 0.632. The molecule has 0 aromatic heterocycles. The molecule has 0 unspecified atom stereocenters. The Morgan fingerprint density at radius 2 is 2.08 bits per heavy atom. The number of aliphatic hydroxyl groups excluding tert-OH is 1. The Kier molecular flexibility index (Phi) is 6.79. The standard InChI is InChI=1S/C19H28FNO4/c1-14(2)7-9-19(18(23)24)13-21(10-8-17(19)22)11-12-25-16-5-3-15(20)4-6-16/h3-6,14,17,22H,7-13H2,1-2H3,(H,23,24)/t17-,19-/m1/s1. The summed E-state index contributed by atoms with van der Waals surface area (Å²) in [4.78, 5) is 14.0. The Labute approximate surface area is 148 Å². The fourth-order valence-corrected chi connectivity index (χ4v) is 3.29. The number of nitrogens with zero attached hydrogens (tertiary/aromatic N) is 1. The minimum absolute atomic E-state index is 0.311. The molecule has 2 atom stereocenters. The average Bonchev–Trinajstić information content (AvgIpc) is 2.56. The monoisotopic (exact) mass is 353 g/mol. The van der Waals surface area contributed by atoms with Gasteiger partial charge in [0.2, 0.25) is 0 Å². The van der Waals surface area contributed by atoms with Crippen LogP contribution < -0.4 is 4.74 Å². The van der Waals surface area contributed by atoms with Crippen molar-refractivity contribution < 1.29 is 24.1 Å². The Bertz CT molecular complexity index is 563. The minimum atomic E-state index is -1.11. The zero-order chi connectivity index (χ0) is 18.4. The third-order valence-electron chi connectivity index (χ3n) is 4.95. The quantitative estimate of drug-likeness (QED) is 0.752. The number of carbonyl (C=O) groups is 1. The van der Waals surface area contributed by atoms with Gasteiger partial charge in [0.1, 0.15) is 23.6 Å². The van der Waals surface area contributed by atoms with E-state index in [0.29, 0.717) is 50.8 Å². The maximum absolute atomic E-state index is 12.9. The number of hydrogen-bond acceptors (Lipinski definition) is 4. The van der Waals surface area contributed by atoms with Crippen molar-refractivity contribution in [2.24, 2.45) is 11.3 Å². The molecule has 0 aliphatic carbocycles. The van der Waals surface area contributed by atoms with Gasteiger partial charge in [-0.15, -0.1) is 0 Å². The molecule has 5 nitrogen and oxygen atoms in total. The van der Waals surface area contributed by atoms with Crippen LogP contribution in [0.15, 0.2) is 24.3 Å². The van der Waals surface area contributed by atoms with Crippen molar-refractivity contribution in [3.63, 3.8) is 0 Å². The third-order valence-corrected chi connectivity index (χ3v) is 4.95. The number of benzene rings is 1. The van der Waals surface area contributed by atoms with Gasteiger partial charge in [-0.25, -0.2) is 4.39 Å². The fourth-order valence-electron chi connectivity index (χ4n) is 3.29. The molecule has 0 bridgehead atoms. The lowest BCUT2D eigenvalue weighted by molar-refractivity contribution is -0.164. The van der Waals surface area contributed by atoms with E-state index in [1.165, 1.54) is 12.1 Å². The largest absolute Gasteiger partial charge is 0.492 e. The molecule has 2 N–H and O–H groups in total. The van der Waals surface area contributed by atoms with Crippen LogP contribution in [0.25, 0.3) is 0 Å². The lowest BCUT2D eigenvalue weighted by Crippen LogP contribution is -2.56. The lowest BCUT2D eigenvalue weighted by Gasteiger charge is -2.43. The van der Waals surface area contributed by atoms with Gasteiger partial charge >= 0.3 is 5.97 Å². The van der Waals surface area contributed by atoms with E-state index in [1.807, 2.05) is 4.90 Å². The van der Waals surface area contributed by atoms with Crippen LogP contribution in [0.3, 0.4) is 0 Å². The molecule has 0 spiro atoms. The first-order valence-electron chi connectivity index (χ1n) is 8.85. The minimum Gasteiger partial charge on any atom is -0.492 e. The summed E-state index contributed by atoms with van der Waals surface area (Å²) in [5.74, 6) is -0.262. The third kappa shape index (κ3) is 5.16. The van der Waals surface area contributed by atoms with Gasteiger partial charge in [0.05, 0.1) is 6.10 Å². The second kappa shape index (κ2) is 8.63. The van der Waals surface area contributed by atoms with E-state index in [4.69, 9.17) is 4.74 Å². The Morgan fingerprint density at radius 1 is 1.40 bits per heavy atom. The molecule has 1 fully saturated rings. The first-order chi connectivity index (χ1) is 11.8. The lowest BCUT2D eigenvalue weighted by atomic mass is 9.73. The zero-order valence-corrected chi connectivity index (χ0v) is 14.9. The smallest absolute Gasteiger partial charge is 0.313 e. The van der Waals surface area contributed by atoms with Gasteiger partial charge in [-0.05, 0) is 49.4 Å². The summed E-state index contributed by atoms with van der Waals surface area (Å²) in [5, 5.41) is 20.1.